The zero-order valence-corrected chi connectivity index (χ0v) is 17.7. The van der Waals surface area contributed by atoms with Gasteiger partial charge in [-0.05, 0) is 36.2 Å². The van der Waals surface area contributed by atoms with E-state index in [0.29, 0.717) is 42.6 Å². The molecule has 2 amide bonds. The molecule has 33 heavy (non-hydrogen) atoms. The van der Waals surface area contributed by atoms with Crippen LogP contribution in [-0.4, -0.2) is 54.3 Å². The number of ether oxygens (including phenoxy) is 4. The monoisotopic (exact) mass is 450 g/mol. The number of anilines is 1. The molecule has 1 fully saturated rings. The molecule has 1 saturated heterocycles. The van der Waals surface area contributed by atoms with Crippen molar-refractivity contribution in [2.75, 3.05) is 31.9 Å². The number of nitrogens with zero attached hydrogens (tertiary/aromatic N) is 2. The third kappa shape index (κ3) is 3.68. The predicted octanol–water partition coefficient (Wildman–Crippen LogP) is 1.76. The largest absolute Gasteiger partial charge is 0.486 e. The van der Waals surface area contributed by atoms with Gasteiger partial charge >= 0.3 is 0 Å². The molecule has 0 saturated carbocycles. The number of hydrogen-bond acceptors (Lipinski definition) is 8. The highest BCUT2D eigenvalue weighted by molar-refractivity contribution is 5.96. The summed E-state index contributed by atoms with van der Waals surface area (Å²) in [5, 5.41) is 4.62. The molecular formula is C23H22N4O6. The molecule has 4 heterocycles. The Morgan fingerprint density at radius 3 is 2.64 bits per heavy atom. The van der Waals surface area contributed by atoms with E-state index in [1.807, 2.05) is 18.2 Å². The number of rotatable bonds is 4. The molecule has 0 aliphatic carbocycles. The number of carbonyl (C=O) groups is 2. The van der Waals surface area contributed by atoms with Gasteiger partial charge in [0.05, 0.1) is 6.04 Å². The lowest BCUT2D eigenvalue weighted by Gasteiger charge is -2.31. The lowest BCUT2D eigenvalue weighted by molar-refractivity contribution is -0.137. The molecule has 2 aromatic rings. The van der Waals surface area contributed by atoms with Crippen LogP contribution in [0.25, 0.3) is 0 Å². The fourth-order valence-electron chi connectivity index (χ4n) is 4.39. The summed E-state index contributed by atoms with van der Waals surface area (Å²) in [7, 11) is 0. The summed E-state index contributed by atoms with van der Waals surface area (Å²) in [6.07, 6.45) is 3.98. The SMILES string of the molecule is O=C(CN1C=CN2NC(c3ccc4c(c3)OCO4)CC2C1=O)Nc1ccc2c(c1)OCCO2. The Balaban J connectivity index is 1.10. The molecule has 4 aliphatic heterocycles. The van der Waals surface area contributed by atoms with Crippen molar-refractivity contribution in [2.24, 2.45) is 0 Å². The molecule has 2 unspecified atom stereocenters. The molecule has 10 heteroatoms. The van der Waals surface area contributed by atoms with Gasteiger partial charge in [0.2, 0.25) is 12.7 Å². The Morgan fingerprint density at radius 1 is 0.970 bits per heavy atom. The highest BCUT2D eigenvalue weighted by Crippen LogP contribution is 2.38. The fourth-order valence-corrected chi connectivity index (χ4v) is 4.39. The highest BCUT2D eigenvalue weighted by atomic mass is 16.7. The normalized spacial score (nSPS) is 22.4. The van der Waals surface area contributed by atoms with Crippen LogP contribution in [0.2, 0.25) is 0 Å². The van der Waals surface area contributed by atoms with E-state index < -0.39 is 6.04 Å². The number of nitrogens with one attached hydrogen (secondary N) is 2. The third-order valence-corrected chi connectivity index (χ3v) is 6.01. The van der Waals surface area contributed by atoms with Crippen molar-refractivity contribution in [1.29, 1.82) is 0 Å². The fraction of sp³-hybridized carbons (Fsp3) is 0.304. The molecule has 2 aromatic carbocycles. The third-order valence-electron chi connectivity index (χ3n) is 6.01. The first kappa shape index (κ1) is 19.7. The second-order valence-electron chi connectivity index (χ2n) is 8.12. The summed E-state index contributed by atoms with van der Waals surface area (Å²) in [6.45, 7) is 1.11. The molecule has 0 bridgehead atoms. The van der Waals surface area contributed by atoms with Crippen LogP contribution in [-0.2, 0) is 9.59 Å². The number of amides is 2. The smallest absolute Gasteiger partial charge is 0.251 e. The van der Waals surface area contributed by atoms with Gasteiger partial charge in [0.1, 0.15) is 25.8 Å². The van der Waals surface area contributed by atoms with Crippen molar-refractivity contribution in [2.45, 2.75) is 18.5 Å². The summed E-state index contributed by atoms with van der Waals surface area (Å²) in [5.74, 6) is 2.25. The Morgan fingerprint density at radius 2 is 1.73 bits per heavy atom. The summed E-state index contributed by atoms with van der Waals surface area (Å²) in [4.78, 5) is 27.1. The van der Waals surface area contributed by atoms with Crippen LogP contribution in [0.15, 0.2) is 48.8 Å². The standard InChI is InChI=1S/C23H22N4O6/c28-22(24-15-2-4-18-21(10-15)31-8-7-30-18)12-26-5-6-27-17(23(26)29)11-16(25-27)14-1-3-19-20(9-14)33-13-32-19/h1-6,9-10,16-17,25H,7-8,11-13H2,(H,24,28). The Labute approximate surface area is 189 Å². The molecule has 2 atom stereocenters. The van der Waals surface area contributed by atoms with Gasteiger partial charge < -0.3 is 34.2 Å². The van der Waals surface area contributed by atoms with Crippen molar-refractivity contribution in [3.05, 3.63) is 54.4 Å². The van der Waals surface area contributed by atoms with E-state index in [1.54, 1.807) is 35.6 Å². The van der Waals surface area contributed by atoms with Crippen LogP contribution in [0, 0.1) is 0 Å². The van der Waals surface area contributed by atoms with E-state index >= 15 is 0 Å². The van der Waals surface area contributed by atoms with E-state index in [1.165, 1.54) is 4.90 Å². The van der Waals surface area contributed by atoms with Crippen molar-refractivity contribution in [1.82, 2.24) is 15.3 Å². The second kappa shape index (κ2) is 7.89. The average molecular weight is 450 g/mol. The molecule has 6 rings (SSSR count). The molecule has 2 N–H and O–H groups in total. The van der Waals surface area contributed by atoms with Crippen molar-refractivity contribution >= 4 is 17.5 Å². The molecule has 10 nitrogen and oxygen atoms in total. The van der Waals surface area contributed by atoms with Gasteiger partial charge in [0.25, 0.3) is 5.91 Å². The van der Waals surface area contributed by atoms with Gasteiger partial charge in [-0.2, -0.15) is 0 Å². The van der Waals surface area contributed by atoms with Gasteiger partial charge in [0, 0.05) is 24.2 Å². The number of fused-ring (bicyclic) bond motifs is 3. The van der Waals surface area contributed by atoms with Crippen molar-refractivity contribution in [3.63, 3.8) is 0 Å². The van der Waals surface area contributed by atoms with Crippen LogP contribution in [0.1, 0.15) is 18.0 Å². The van der Waals surface area contributed by atoms with Gasteiger partial charge in [-0.1, -0.05) is 6.07 Å². The lowest BCUT2D eigenvalue weighted by atomic mass is 10.0. The minimum absolute atomic E-state index is 0.0513. The van der Waals surface area contributed by atoms with Crippen LogP contribution in [0.4, 0.5) is 5.69 Å². The Hall–Kier alpha value is -3.92. The summed E-state index contributed by atoms with van der Waals surface area (Å²) < 4.78 is 21.9. The average Bonchev–Trinajstić information content (AvgIpc) is 3.48. The van der Waals surface area contributed by atoms with E-state index in [9.17, 15) is 9.59 Å². The Bertz CT molecular complexity index is 1150. The summed E-state index contributed by atoms with van der Waals surface area (Å²) >= 11 is 0. The molecular weight excluding hydrogens is 428 g/mol. The van der Waals surface area contributed by atoms with E-state index in [0.717, 1.165) is 11.3 Å². The van der Waals surface area contributed by atoms with Gasteiger partial charge in [0.15, 0.2) is 23.0 Å². The number of hydrogen-bond donors (Lipinski definition) is 2. The quantitative estimate of drug-likeness (QED) is 0.727. The first-order chi connectivity index (χ1) is 16.1. The number of benzene rings is 2. The summed E-state index contributed by atoms with van der Waals surface area (Å²) in [5.41, 5.74) is 4.95. The van der Waals surface area contributed by atoms with E-state index in [-0.39, 0.29) is 31.2 Å². The first-order valence-corrected chi connectivity index (χ1v) is 10.8. The zero-order valence-electron chi connectivity index (χ0n) is 17.7. The van der Waals surface area contributed by atoms with E-state index in [4.69, 9.17) is 18.9 Å². The second-order valence-corrected chi connectivity index (χ2v) is 8.12. The van der Waals surface area contributed by atoms with Gasteiger partial charge in [-0.15, -0.1) is 0 Å². The van der Waals surface area contributed by atoms with Crippen molar-refractivity contribution in [3.8, 4) is 23.0 Å². The minimum atomic E-state index is -0.396. The minimum Gasteiger partial charge on any atom is -0.486 e. The molecule has 0 aromatic heterocycles. The van der Waals surface area contributed by atoms with Crippen LogP contribution in [0.5, 0.6) is 23.0 Å². The number of hydrazine groups is 1. The van der Waals surface area contributed by atoms with Gasteiger partial charge in [-0.3, -0.25) is 9.59 Å². The van der Waals surface area contributed by atoms with Crippen LogP contribution >= 0.6 is 0 Å². The zero-order chi connectivity index (χ0) is 22.4. The maximum absolute atomic E-state index is 13.1. The molecule has 170 valence electrons. The lowest BCUT2D eigenvalue weighted by Crippen LogP contribution is -2.49. The molecule has 0 spiro atoms. The van der Waals surface area contributed by atoms with Crippen molar-refractivity contribution < 1.29 is 28.5 Å². The maximum Gasteiger partial charge on any atom is 0.251 e. The molecule has 0 radical (unpaired) electrons. The topological polar surface area (TPSA) is 102 Å². The van der Waals surface area contributed by atoms with Crippen LogP contribution in [0.3, 0.4) is 0 Å². The number of carbonyl (C=O) groups excluding carboxylic acids is 2. The predicted molar refractivity (Wildman–Crippen MR) is 116 cm³/mol. The molecule has 4 aliphatic rings. The van der Waals surface area contributed by atoms with Gasteiger partial charge in [-0.25, -0.2) is 5.43 Å². The Kier molecular flexibility index (Phi) is 4.72. The first-order valence-electron chi connectivity index (χ1n) is 10.8. The summed E-state index contributed by atoms with van der Waals surface area (Å²) in [6, 6.07) is 10.6. The maximum atomic E-state index is 13.1. The van der Waals surface area contributed by atoms with Crippen LogP contribution < -0.4 is 29.7 Å². The van der Waals surface area contributed by atoms with E-state index in [2.05, 4.69) is 10.7 Å². The highest BCUT2D eigenvalue weighted by Gasteiger charge is 2.40.